The van der Waals surface area contributed by atoms with Gasteiger partial charge in [0, 0.05) is 24.1 Å². The Morgan fingerprint density at radius 3 is 2.76 bits per heavy atom. The summed E-state index contributed by atoms with van der Waals surface area (Å²) >= 11 is 0. The highest BCUT2D eigenvalue weighted by atomic mass is 16.1. The van der Waals surface area contributed by atoms with Gasteiger partial charge in [-0.05, 0) is 49.2 Å². The molecule has 1 aliphatic heterocycles. The third kappa shape index (κ3) is 2.94. The number of fused-ring (bicyclic) bond motifs is 1. The molecule has 1 amide bonds. The van der Waals surface area contributed by atoms with Crippen LogP contribution >= 0.6 is 0 Å². The minimum absolute atomic E-state index is 0.255. The third-order valence-electron chi connectivity index (χ3n) is 4.27. The summed E-state index contributed by atoms with van der Waals surface area (Å²) in [5.74, 6) is 0.935. The summed E-state index contributed by atoms with van der Waals surface area (Å²) in [6, 6.07) is 15.7. The number of carbonyl (C=O) groups is 1. The molecule has 124 valence electrons. The Labute approximate surface area is 145 Å². The van der Waals surface area contributed by atoms with E-state index in [1.54, 1.807) is 24.4 Å². The summed E-state index contributed by atoms with van der Waals surface area (Å²) in [5, 5.41) is 11.2. The molecule has 2 aromatic heterocycles. The number of pyridine rings is 1. The van der Waals surface area contributed by atoms with Crippen LogP contribution in [0.5, 0.6) is 0 Å². The molecule has 0 saturated carbocycles. The van der Waals surface area contributed by atoms with E-state index in [0.29, 0.717) is 17.4 Å². The lowest BCUT2D eigenvalue weighted by Crippen LogP contribution is -2.25. The van der Waals surface area contributed by atoms with Crippen molar-refractivity contribution in [2.75, 3.05) is 10.2 Å². The van der Waals surface area contributed by atoms with E-state index in [4.69, 9.17) is 0 Å². The van der Waals surface area contributed by atoms with Crippen LogP contribution in [-0.4, -0.2) is 27.1 Å². The van der Waals surface area contributed by atoms with Crippen LogP contribution in [0.15, 0.2) is 60.9 Å². The molecule has 0 radical (unpaired) electrons. The Balaban J connectivity index is 1.54. The SMILES string of the molecule is CC1Cc2ccccc2N1c1ccc(NC(=O)c2cccnc2)nn1. The van der Waals surface area contributed by atoms with Crippen LogP contribution in [0.3, 0.4) is 0 Å². The molecule has 1 unspecified atom stereocenters. The molecule has 3 heterocycles. The second kappa shape index (κ2) is 6.32. The van der Waals surface area contributed by atoms with Crippen LogP contribution < -0.4 is 10.2 Å². The zero-order valence-corrected chi connectivity index (χ0v) is 13.8. The predicted octanol–water partition coefficient (Wildman–Crippen LogP) is 3.21. The molecule has 25 heavy (non-hydrogen) atoms. The first kappa shape index (κ1) is 15.3. The van der Waals surface area contributed by atoms with Crippen molar-refractivity contribution in [3.05, 3.63) is 72.1 Å². The van der Waals surface area contributed by atoms with Crippen molar-refractivity contribution in [2.45, 2.75) is 19.4 Å². The fourth-order valence-corrected chi connectivity index (χ4v) is 3.12. The fraction of sp³-hybridized carbons (Fsp3) is 0.158. The number of anilines is 3. The monoisotopic (exact) mass is 331 g/mol. The van der Waals surface area contributed by atoms with E-state index in [0.717, 1.165) is 17.9 Å². The maximum absolute atomic E-state index is 12.1. The van der Waals surface area contributed by atoms with E-state index < -0.39 is 0 Å². The molecule has 1 aromatic carbocycles. The van der Waals surface area contributed by atoms with Gasteiger partial charge in [-0.15, -0.1) is 10.2 Å². The van der Waals surface area contributed by atoms with Gasteiger partial charge in [0.2, 0.25) is 0 Å². The Morgan fingerprint density at radius 1 is 1.12 bits per heavy atom. The summed E-state index contributed by atoms with van der Waals surface area (Å²) in [6.45, 7) is 2.17. The van der Waals surface area contributed by atoms with Gasteiger partial charge >= 0.3 is 0 Å². The summed E-state index contributed by atoms with van der Waals surface area (Å²) in [4.78, 5) is 18.3. The lowest BCUT2D eigenvalue weighted by molar-refractivity contribution is 0.102. The van der Waals surface area contributed by atoms with Crippen molar-refractivity contribution in [1.82, 2.24) is 15.2 Å². The standard InChI is InChI=1S/C19H17N5O/c1-13-11-14-5-2-3-7-16(14)24(13)18-9-8-17(22-23-18)21-19(25)15-6-4-10-20-12-15/h2-10,12-13H,11H2,1H3,(H,21,22,25). The van der Waals surface area contributed by atoms with E-state index in [1.807, 2.05) is 12.1 Å². The van der Waals surface area contributed by atoms with Crippen molar-refractivity contribution in [1.29, 1.82) is 0 Å². The molecular weight excluding hydrogens is 314 g/mol. The Kier molecular flexibility index (Phi) is 3.85. The van der Waals surface area contributed by atoms with Crippen molar-refractivity contribution in [2.24, 2.45) is 0 Å². The average Bonchev–Trinajstić information content (AvgIpc) is 2.99. The van der Waals surface area contributed by atoms with Crippen molar-refractivity contribution < 1.29 is 4.79 Å². The molecule has 0 bridgehead atoms. The minimum Gasteiger partial charge on any atom is -0.321 e. The Hall–Kier alpha value is -3.28. The van der Waals surface area contributed by atoms with Gasteiger partial charge in [-0.3, -0.25) is 9.78 Å². The molecule has 6 heteroatoms. The van der Waals surface area contributed by atoms with Gasteiger partial charge in [-0.2, -0.15) is 0 Å². The number of hydrogen-bond donors (Lipinski definition) is 1. The Bertz CT molecular complexity index is 895. The third-order valence-corrected chi connectivity index (χ3v) is 4.27. The highest BCUT2D eigenvalue weighted by molar-refractivity contribution is 6.03. The molecule has 4 rings (SSSR count). The Morgan fingerprint density at radius 2 is 2.00 bits per heavy atom. The minimum atomic E-state index is -0.255. The summed E-state index contributed by atoms with van der Waals surface area (Å²) in [6.07, 6.45) is 4.12. The number of para-hydroxylation sites is 1. The van der Waals surface area contributed by atoms with E-state index in [2.05, 4.69) is 50.5 Å². The van der Waals surface area contributed by atoms with Crippen LogP contribution in [0.4, 0.5) is 17.3 Å². The number of nitrogens with zero attached hydrogens (tertiary/aromatic N) is 4. The molecule has 0 spiro atoms. The fourth-order valence-electron chi connectivity index (χ4n) is 3.12. The summed E-state index contributed by atoms with van der Waals surface area (Å²) in [7, 11) is 0. The van der Waals surface area contributed by atoms with Crippen molar-refractivity contribution >= 4 is 23.2 Å². The first-order valence-corrected chi connectivity index (χ1v) is 8.14. The smallest absolute Gasteiger partial charge is 0.258 e. The zero-order valence-electron chi connectivity index (χ0n) is 13.8. The first-order valence-electron chi connectivity index (χ1n) is 8.14. The van der Waals surface area contributed by atoms with Gasteiger partial charge in [-0.25, -0.2) is 0 Å². The number of amides is 1. The van der Waals surface area contributed by atoms with E-state index in [1.165, 1.54) is 11.8 Å². The second-order valence-electron chi connectivity index (χ2n) is 6.02. The zero-order chi connectivity index (χ0) is 17.2. The topological polar surface area (TPSA) is 71.0 Å². The van der Waals surface area contributed by atoms with Crippen LogP contribution in [0.2, 0.25) is 0 Å². The number of benzene rings is 1. The number of carbonyl (C=O) groups excluding carboxylic acids is 1. The normalized spacial score (nSPS) is 15.7. The van der Waals surface area contributed by atoms with Gasteiger partial charge in [0.1, 0.15) is 0 Å². The molecule has 0 aliphatic carbocycles. The lowest BCUT2D eigenvalue weighted by atomic mass is 10.1. The molecular formula is C19H17N5O. The van der Waals surface area contributed by atoms with Crippen LogP contribution in [0.1, 0.15) is 22.8 Å². The second-order valence-corrected chi connectivity index (χ2v) is 6.02. The van der Waals surface area contributed by atoms with Crippen LogP contribution in [0.25, 0.3) is 0 Å². The van der Waals surface area contributed by atoms with Gasteiger partial charge in [0.25, 0.3) is 5.91 Å². The summed E-state index contributed by atoms with van der Waals surface area (Å²) < 4.78 is 0. The van der Waals surface area contributed by atoms with Crippen molar-refractivity contribution in [3.8, 4) is 0 Å². The highest BCUT2D eigenvalue weighted by Gasteiger charge is 2.27. The first-order chi connectivity index (χ1) is 12.2. The molecule has 1 atom stereocenters. The molecule has 3 aromatic rings. The van der Waals surface area contributed by atoms with Gasteiger partial charge in [-0.1, -0.05) is 18.2 Å². The molecule has 1 N–H and O–H groups in total. The predicted molar refractivity (Wildman–Crippen MR) is 96.0 cm³/mol. The lowest BCUT2D eigenvalue weighted by Gasteiger charge is -2.23. The molecule has 0 saturated heterocycles. The largest absolute Gasteiger partial charge is 0.321 e. The number of nitrogens with one attached hydrogen (secondary N) is 1. The van der Waals surface area contributed by atoms with Crippen LogP contribution in [0, 0.1) is 0 Å². The van der Waals surface area contributed by atoms with Gasteiger partial charge in [0.15, 0.2) is 11.6 Å². The maximum atomic E-state index is 12.1. The van der Waals surface area contributed by atoms with Crippen molar-refractivity contribution in [3.63, 3.8) is 0 Å². The summed E-state index contributed by atoms with van der Waals surface area (Å²) in [5.41, 5.74) is 2.96. The van der Waals surface area contributed by atoms with Gasteiger partial charge in [0.05, 0.1) is 5.56 Å². The van der Waals surface area contributed by atoms with E-state index >= 15 is 0 Å². The highest BCUT2D eigenvalue weighted by Crippen LogP contribution is 2.36. The molecule has 6 nitrogen and oxygen atoms in total. The quantitative estimate of drug-likeness (QED) is 0.798. The average molecular weight is 331 g/mol. The van der Waals surface area contributed by atoms with E-state index in [-0.39, 0.29) is 5.91 Å². The molecule has 1 aliphatic rings. The maximum Gasteiger partial charge on any atom is 0.258 e. The van der Waals surface area contributed by atoms with Gasteiger partial charge < -0.3 is 10.2 Å². The van der Waals surface area contributed by atoms with E-state index in [9.17, 15) is 4.79 Å². The molecule has 0 fully saturated rings. The number of rotatable bonds is 3. The number of aromatic nitrogens is 3. The van der Waals surface area contributed by atoms with Crippen LogP contribution in [-0.2, 0) is 6.42 Å². The number of hydrogen-bond acceptors (Lipinski definition) is 5.